The molecule has 9 nitrogen and oxygen atoms in total. The molecule has 2 atom stereocenters. The summed E-state index contributed by atoms with van der Waals surface area (Å²) >= 11 is 1.11. The normalized spacial score (nSPS) is 18.0. The maximum absolute atomic E-state index is 12.3. The first-order valence-corrected chi connectivity index (χ1v) is 9.91. The second-order valence-electron chi connectivity index (χ2n) is 6.35. The van der Waals surface area contributed by atoms with E-state index in [4.69, 9.17) is 9.84 Å². The van der Waals surface area contributed by atoms with Crippen molar-refractivity contribution in [2.45, 2.75) is 26.4 Å². The van der Waals surface area contributed by atoms with Gasteiger partial charge in [0.2, 0.25) is 6.35 Å². The van der Waals surface area contributed by atoms with Crippen molar-refractivity contribution in [2.24, 2.45) is 0 Å². The Hall–Kier alpha value is -2.66. The number of carbonyl (C=O) groups is 2. The highest BCUT2D eigenvalue weighted by molar-refractivity contribution is 7.18. The van der Waals surface area contributed by atoms with E-state index in [-0.39, 0.29) is 25.7 Å². The molecular formula is C19H23N3O6S. The van der Waals surface area contributed by atoms with Crippen LogP contribution in [0.3, 0.4) is 0 Å². The Morgan fingerprint density at radius 2 is 2.10 bits per heavy atom. The van der Waals surface area contributed by atoms with Crippen molar-refractivity contribution in [3.63, 3.8) is 0 Å². The van der Waals surface area contributed by atoms with Crippen molar-refractivity contribution in [3.05, 3.63) is 45.8 Å². The third-order valence-corrected chi connectivity index (χ3v) is 5.74. The number of aliphatic hydroxyl groups is 3. The van der Waals surface area contributed by atoms with E-state index in [0.717, 1.165) is 11.3 Å². The molecule has 0 saturated heterocycles. The fraction of sp³-hybridized carbons (Fsp3) is 0.368. The van der Waals surface area contributed by atoms with Gasteiger partial charge in [-0.15, -0.1) is 11.3 Å². The van der Waals surface area contributed by atoms with E-state index in [2.05, 4.69) is 10.6 Å². The van der Waals surface area contributed by atoms with E-state index in [0.29, 0.717) is 32.3 Å². The molecule has 2 aromatic rings. The Labute approximate surface area is 171 Å². The van der Waals surface area contributed by atoms with Gasteiger partial charge >= 0.3 is 5.97 Å². The van der Waals surface area contributed by atoms with Gasteiger partial charge in [0.05, 0.1) is 23.7 Å². The fourth-order valence-corrected chi connectivity index (χ4v) is 4.33. The number of ether oxygens (including phenoxy) is 1. The topological polar surface area (TPSA) is 131 Å². The molecule has 0 fully saturated rings. The van der Waals surface area contributed by atoms with Crippen LogP contribution in [-0.2, 0) is 4.74 Å². The Bertz CT molecular complexity index is 915. The van der Waals surface area contributed by atoms with Gasteiger partial charge in [-0.25, -0.2) is 4.79 Å². The number of rotatable bonds is 6. The number of thiophene rings is 1. The van der Waals surface area contributed by atoms with Crippen LogP contribution in [0, 0.1) is 6.92 Å². The van der Waals surface area contributed by atoms with Crippen molar-refractivity contribution in [1.29, 1.82) is 0 Å². The maximum Gasteiger partial charge on any atom is 0.338 e. The summed E-state index contributed by atoms with van der Waals surface area (Å²) in [5, 5.41) is 36.4. The van der Waals surface area contributed by atoms with E-state index in [1.807, 2.05) is 0 Å². The minimum Gasteiger partial charge on any atom is -0.462 e. The van der Waals surface area contributed by atoms with Gasteiger partial charge in [-0.05, 0) is 37.6 Å². The molecule has 1 aromatic carbocycles. The number of anilines is 2. The van der Waals surface area contributed by atoms with Crippen molar-refractivity contribution in [3.8, 4) is 0 Å². The van der Waals surface area contributed by atoms with E-state index in [9.17, 15) is 19.8 Å². The van der Waals surface area contributed by atoms with E-state index in [1.54, 1.807) is 32.0 Å². The minimum atomic E-state index is -1.28. The molecule has 1 aliphatic heterocycles. The summed E-state index contributed by atoms with van der Waals surface area (Å²) in [6.45, 7) is 3.59. The van der Waals surface area contributed by atoms with Crippen LogP contribution in [0.4, 0.5) is 10.7 Å². The van der Waals surface area contributed by atoms with Gasteiger partial charge in [0.15, 0.2) is 6.23 Å². The van der Waals surface area contributed by atoms with Crippen molar-refractivity contribution < 1.29 is 29.6 Å². The molecule has 0 saturated carbocycles. The summed E-state index contributed by atoms with van der Waals surface area (Å²) < 4.78 is 5.00. The Morgan fingerprint density at radius 3 is 2.79 bits per heavy atom. The molecule has 29 heavy (non-hydrogen) atoms. The zero-order chi connectivity index (χ0) is 21.1. The summed E-state index contributed by atoms with van der Waals surface area (Å²) in [7, 11) is 0. The molecule has 1 aromatic heterocycles. The lowest BCUT2D eigenvalue weighted by molar-refractivity contribution is 0.0525. The lowest BCUT2D eigenvalue weighted by Crippen LogP contribution is -2.47. The second-order valence-corrected chi connectivity index (χ2v) is 7.37. The van der Waals surface area contributed by atoms with Gasteiger partial charge in [0.1, 0.15) is 5.00 Å². The number of hydrogen-bond donors (Lipinski definition) is 5. The fourth-order valence-electron chi connectivity index (χ4n) is 3.16. The first kappa shape index (κ1) is 21.1. The Balaban J connectivity index is 1.94. The van der Waals surface area contributed by atoms with Crippen LogP contribution in [0.2, 0.25) is 0 Å². The quantitative estimate of drug-likeness (QED) is 0.439. The number of amides is 1. The third kappa shape index (κ3) is 4.06. The molecule has 10 heteroatoms. The smallest absolute Gasteiger partial charge is 0.338 e. The number of carbonyl (C=O) groups excluding carboxylic acids is 2. The largest absolute Gasteiger partial charge is 0.462 e. The number of benzene rings is 1. The molecule has 2 heterocycles. The van der Waals surface area contributed by atoms with Gasteiger partial charge in [-0.3, -0.25) is 9.69 Å². The van der Waals surface area contributed by atoms with Gasteiger partial charge in [-0.1, -0.05) is 6.07 Å². The standard InChI is InChI=1S/C19H23N3O6S/c1-3-28-18(26)11-5-4-6-12(9-11)22-17(25)13-10(2)14(15(24)20-7-8-23)29-16(13)21-19(22)27/h4-6,9,17,19,21,23,25,27H,3,7-8H2,1-2H3,(H,20,24). The van der Waals surface area contributed by atoms with Gasteiger partial charge in [-0.2, -0.15) is 0 Å². The van der Waals surface area contributed by atoms with Crippen LogP contribution in [0.25, 0.3) is 0 Å². The summed E-state index contributed by atoms with van der Waals surface area (Å²) in [5.74, 6) is -0.867. The lowest BCUT2D eigenvalue weighted by Gasteiger charge is -2.39. The molecule has 0 spiro atoms. The van der Waals surface area contributed by atoms with E-state index >= 15 is 0 Å². The average molecular weight is 421 g/mol. The highest BCUT2D eigenvalue weighted by atomic mass is 32.1. The minimum absolute atomic E-state index is 0.117. The molecule has 1 aliphatic rings. The summed E-state index contributed by atoms with van der Waals surface area (Å²) in [6.07, 6.45) is -2.52. The van der Waals surface area contributed by atoms with Crippen LogP contribution in [0.1, 0.15) is 44.3 Å². The van der Waals surface area contributed by atoms with Gasteiger partial charge in [0, 0.05) is 17.8 Å². The van der Waals surface area contributed by atoms with Gasteiger partial charge in [0.25, 0.3) is 5.91 Å². The first-order chi connectivity index (χ1) is 13.9. The first-order valence-electron chi connectivity index (χ1n) is 9.09. The molecule has 0 bridgehead atoms. The van der Waals surface area contributed by atoms with E-state index in [1.165, 1.54) is 11.0 Å². The van der Waals surface area contributed by atoms with Crippen molar-refractivity contribution >= 4 is 33.9 Å². The molecule has 0 aliphatic carbocycles. The summed E-state index contributed by atoms with van der Waals surface area (Å²) in [5.41, 5.74) is 1.74. The Morgan fingerprint density at radius 1 is 1.34 bits per heavy atom. The number of fused-ring (bicyclic) bond motifs is 1. The van der Waals surface area contributed by atoms with Crippen molar-refractivity contribution in [2.75, 3.05) is 30.0 Å². The van der Waals surface area contributed by atoms with E-state index < -0.39 is 18.5 Å². The zero-order valence-electron chi connectivity index (χ0n) is 16.0. The summed E-state index contributed by atoms with van der Waals surface area (Å²) in [6, 6.07) is 6.39. The van der Waals surface area contributed by atoms with Crippen LogP contribution in [0.5, 0.6) is 0 Å². The summed E-state index contributed by atoms with van der Waals surface area (Å²) in [4.78, 5) is 26.0. The maximum atomic E-state index is 12.3. The third-order valence-electron chi connectivity index (χ3n) is 4.50. The average Bonchev–Trinajstić information content (AvgIpc) is 3.03. The highest BCUT2D eigenvalue weighted by Gasteiger charge is 2.37. The van der Waals surface area contributed by atoms with Crippen LogP contribution in [-0.4, -0.2) is 53.3 Å². The number of esters is 1. The SMILES string of the molecule is CCOC(=O)c1cccc(N2C(O)Nc3sc(C(=O)NCCO)c(C)c3C2O)c1. The van der Waals surface area contributed by atoms with Gasteiger partial charge < -0.3 is 30.7 Å². The molecule has 2 unspecified atom stereocenters. The zero-order valence-corrected chi connectivity index (χ0v) is 16.8. The number of nitrogens with one attached hydrogen (secondary N) is 2. The van der Waals surface area contributed by atoms with Crippen LogP contribution in [0.15, 0.2) is 24.3 Å². The molecule has 156 valence electrons. The van der Waals surface area contributed by atoms with Crippen LogP contribution < -0.4 is 15.5 Å². The number of hydrogen-bond acceptors (Lipinski definition) is 9. The molecule has 3 rings (SSSR count). The Kier molecular flexibility index (Phi) is 6.38. The highest BCUT2D eigenvalue weighted by Crippen LogP contribution is 2.44. The molecular weight excluding hydrogens is 398 g/mol. The number of nitrogens with zero attached hydrogens (tertiary/aromatic N) is 1. The second kappa shape index (κ2) is 8.78. The number of aliphatic hydroxyl groups excluding tert-OH is 3. The molecule has 0 radical (unpaired) electrons. The van der Waals surface area contributed by atoms with Crippen molar-refractivity contribution in [1.82, 2.24) is 5.32 Å². The monoisotopic (exact) mass is 421 g/mol. The predicted octanol–water partition coefficient (Wildman–Crippen LogP) is 1.15. The predicted molar refractivity (Wildman–Crippen MR) is 108 cm³/mol. The molecule has 5 N–H and O–H groups in total. The molecule has 1 amide bonds. The lowest BCUT2D eigenvalue weighted by atomic mass is 10.1. The van der Waals surface area contributed by atoms with Crippen LogP contribution >= 0.6 is 11.3 Å².